The van der Waals surface area contributed by atoms with E-state index in [-0.39, 0.29) is 12.1 Å². The van der Waals surface area contributed by atoms with Crippen molar-refractivity contribution in [2.24, 2.45) is 9.98 Å². The minimum absolute atomic E-state index is 0.0930. The molecule has 0 saturated heterocycles. The first-order valence-corrected chi connectivity index (χ1v) is 12.8. The molecule has 0 radical (unpaired) electrons. The molecule has 0 aliphatic carbocycles. The Morgan fingerprint density at radius 1 is 0.541 bits per heavy atom. The molecule has 37 heavy (non-hydrogen) atoms. The third kappa shape index (κ3) is 4.16. The maximum Gasteiger partial charge on any atom is 0.220 e. The van der Waals surface area contributed by atoms with Crippen LogP contribution in [0.3, 0.4) is 0 Å². The van der Waals surface area contributed by atoms with Gasteiger partial charge in [-0.15, -0.1) is 0 Å². The van der Waals surface area contributed by atoms with Gasteiger partial charge >= 0.3 is 0 Å². The van der Waals surface area contributed by atoms with Crippen molar-refractivity contribution < 1.29 is 13.9 Å². The fourth-order valence-corrected chi connectivity index (χ4v) is 5.26. The van der Waals surface area contributed by atoms with Crippen LogP contribution in [0.2, 0.25) is 0 Å². The van der Waals surface area contributed by atoms with Crippen LogP contribution in [0.25, 0.3) is 21.9 Å². The van der Waals surface area contributed by atoms with Crippen LogP contribution >= 0.6 is 0 Å². The van der Waals surface area contributed by atoms with E-state index < -0.39 is 0 Å². The molecule has 5 aromatic rings. The molecule has 182 valence electrons. The summed E-state index contributed by atoms with van der Waals surface area (Å²) >= 11 is 0. The van der Waals surface area contributed by atoms with Crippen molar-refractivity contribution in [2.75, 3.05) is 13.2 Å². The predicted octanol–water partition coefficient (Wildman–Crippen LogP) is 6.36. The zero-order chi connectivity index (χ0) is 24.6. The van der Waals surface area contributed by atoms with Gasteiger partial charge in [0.2, 0.25) is 11.8 Å². The summed E-state index contributed by atoms with van der Waals surface area (Å²) in [5.74, 6) is 1.29. The number of nitrogens with zero attached hydrogens (tertiary/aromatic N) is 2. The Labute approximate surface area is 215 Å². The molecule has 2 aliphatic heterocycles. The van der Waals surface area contributed by atoms with Crippen molar-refractivity contribution in [3.8, 4) is 0 Å². The van der Waals surface area contributed by atoms with Gasteiger partial charge in [-0.25, -0.2) is 9.98 Å². The van der Waals surface area contributed by atoms with Crippen LogP contribution in [0.15, 0.2) is 111 Å². The fourth-order valence-electron chi connectivity index (χ4n) is 5.26. The molecule has 0 amide bonds. The van der Waals surface area contributed by atoms with Gasteiger partial charge in [0.25, 0.3) is 0 Å². The number of aliphatic imine (C=N–C) groups is 2. The van der Waals surface area contributed by atoms with Crippen molar-refractivity contribution >= 4 is 33.7 Å². The summed E-state index contributed by atoms with van der Waals surface area (Å²) in [6.45, 7) is 1.14. The fraction of sp³-hybridized carbons (Fsp3) is 0.188. The van der Waals surface area contributed by atoms with Crippen LogP contribution in [-0.2, 0) is 22.3 Å². The molecule has 0 spiro atoms. The van der Waals surface area contributed by atoms with Gasteiger partial charge < -0.3 is 13.9 Å². The molecule has 0 N–H and O–H groups in total. The molecular weight excluding hydrogens is 460 g/mol. The number of hydrogen-bond donors (Lipinski definition) is 0. The molecule has 0 unspecified atom stereocenters. The second kappa shape index (κ2) is 9.25. The quantitative estimate of drug-likeness (QED) is 0.281. The molecule has 0 saturated carbocycles. The lowest BCUT2D eigenvalue weighted by Gasteiger charge is -2.04. The number of benzene rings is 4. The first kappa shape index (κ1) is 21.9. The van der Waals surface area contributed by atoms with Gasteiger partial charge in [-0.3, -0.25) is 0 Å². The number of furan rings is 1. The highest BCUT2D eigenvalue weighted by Crippen LogP contribution is 2.35. The second-order valence-corrected chi connectivity index (χ2v) is 9.64. The minimum atomic E-state index is 0.0930. The molecule has 5 nitrogen and oxygen atoms in total. The molecule has 5 heteroatoms. The van der Waals surface area contributed by atoms with Crippen molar-refractivity contribution in [1.29, 1.82) is 0 Å². The summed E-state index contributed by atoms with van der Waals surface area (Å²) in [6, 6.07) is 33.3. The van der Waals surface area contributed by atoms with E-state index in [1.165, 1.54) is 11.1 Å². The van der Waals surface area contributed by atoms with Gasteiger partial charge in [0.15, 0.2) is 0 Å². The summed E-state index contributed by atoms with van der Waals surface area (Å²) < 4.78 is 18.7. The molecule has 2 aliphatic rings. The van der Waals surface area contributed by atoms with E-state index in [2.05, 4.69) is 60.7 Å². The second-order valence-electron chi connectivity index (χ2n) is 9.64. The van der Waals surface area contributed by atoms with Crippen LogP contribution in [0, 0.1) is 0 Å². The monoisotopic (exact) mass is 486 g/mol. The van der Waals surface area contributed by atoms with Crippen molar-refractivity contribution in [3.05, 3.63) is 119 Å². The molecule has 1 aromatic heterocycles. The molecule has 7 rings (SSSR count). The smallest absolute Gasteiger partial charge is 0.220 e. The first-order valence-electron chi connectivity index (χ1n) is 12.8. The highest BCUT2D eigenvalue weighted by molar-refractivity contribution is 6.17. The SMILES string of the molecule is c1ccc(C[C@H]2COC(c3cccc4c3oc3c(C5=N[C@@H](Cc6ccccc6)CO5)cccc34)=N2)cc1. The Balaban J connectivity index is 1.22. The zero-order valence-electron chi connectivity index (χ0n) is 20.3. The number of fused-ring (bicyclic) bond motifs is 3. The first-order chi connectivity index (χ1) is 18.3. The third-order valence-electron chi connectivity index (χ3n) is 7.04. The average molecular weight is 487 g/mol. The van der Waals surface area contributed by atoms with E-state index in [0.717, 1.165) is 45.9 Å². The Bertz CT molecular complexity index is 1520. The Kier molecular flexibility index (Phi) is 5.47. The van der Waals surface area contributed by atoms with Crippen LogP contribution in [0.4, 0.5) is 0 Å². The topological polar surface area (TPSA) is 56.3 Å². The lowest BCUT2D eigenvalue weighted by atomic mass is 10.1. The molecule has 4 aromatic carbocycles. The standard InChI is InChI=1S/C32H26N2O3/c1-3-9-21(10-4-1)17-23-19-35-31(33-23)27-15-7-13-25-26-14-8-16-28(30(26)37-29(25)27)32-34-24(20-36-32)18-22-11-5-2-6-12-22/h1-16,23-24H,17-20H2/t23-,24-/m0/s1. The van der Waals surface area contributed by atoms with Gasteiger partial charge in [0, 0.05) is 10.8 Å². The predicted molar refractivity (Wildman–Crippen MR) is 147 cm³/mol. The number of hydrogen-bond acceptors (Lipinski definition) is 5. The molecule has 3 heterocycles. The van der Waals surface area contributed by atoms with Crippen LogP contribution in [0.1, 0.15) is 22.3 Å². The van der Waals surface area contributed by atoms with Gasteiger partial charge in [0.05, 0.1) is 23.2 Å². The normalized spacial score (nSPS) is 19.0. The summed E-state index contributed by atoms with van der Waals surface area (Å²) in [5, 5.41) is 2.07. The van der Waals surface area contributed by atoms with Crippen LogP contribution in [-0.4, -0.2) is 37.1 Å². The highest BCUT2D eigenvalue weighted by atomic mass is 16.5. The van der Waals surface area contributed by atoms with Crippen molar-refractivity contribution in [1.82, 2.24) is 0 Å². The van der Waals surface area contributed by atoms with E-state index in [1.807, 2.05) is 36.4 Å². The zero-order valence-corrected chi connectivity index (χ0v) is 20.3. The van der Waals surface area contributed by atoms with Crippen molar-refractivity contribution in [2.45, 2.75) is 24.9 Å². The number of para-hydroxylation sites is 2. The van der Waals surface area contributed by atoms with E-state index in [9.17, 15) is 0 Å². The maximum absolute atomic E-state index is 6.52. The Morgan fingerprint density at radius 3 is 1.46 bits per heavy atom. The van der Waals surface area contributed by atoms with Crippen LogP contribution < -0.4 is 0 Å². The number of ether oxygens (including phenoxy) is 2. The summed E-state index contributed by atoms with van der Waals surface area (Å²) in [7, 11) is 0. The minimum Gasteiger partial charge on any atom is -0.475 e. The third-order valence-corrected chi connectivity index (χ3v) is 7.04. The lowest BCUT2D eigenvalue weighted by molar-refractivity contribution is 0.316. The van der Waals surface area contributed by atoms with E-state index in [0.29, 0.717) is 25.0 Å². The van der Waals surface area contributed by atoms with Gasteiger partial charge in [-0.2, -0.15) is 0 Å². The Hall–Kier alpha value is -4.38. The molecule has 0 bridgehead atoms. The molecule has 0 fully saturated rings. The van der Waals surface area contributed by atoms with E-state index >= 15 is 0 Å². The lowest BCUT2D eigenvalue weighted by Crippen LogP contribution is -2.09. The summed E-state index contributed by atoms with van der Waals surface area (Å²) in [6.07, 6.45) is 1.71. The largest absolute Gasteiger partial charge is 0.475 e. The van der Waals surface area contributed by atoms with Crippen LogP contribution in [0.5, 0.6) is 0 Å². The summed E-state index contributed by atoms with van der Waals surface area (Å²) in [4.78, 5) is 9.82. The summed E-state index contributed by atoms with van der Waals surface area (Å²) in [5.41, 5.74) is 5.84. The highest BCUT2D eigenvalue weighted by Gasteiger charge is 2.26. The van der Waals surface area contributed by atoms with Gasteiger partial charge in [0.1, 0.15) is 24.4 Å². The van der Waals surface area contributed by atoms with Crippen molar-refractivity contribution in [3.63, 3.8) is 0 Å². The number of rotatable bonds is 6. The average Bonchev–Trinajstić information content (AvgIpc) is 3.68. The molecular formula is C32H26N2O3. The maximum atomic E-state index is 6.52. The van der Waals surface area contributed by atoms with Gasteiger partial charge in [-0.05, 0) is 36.1 Å². The van der Waals surface area contributed by atoms with Gasteiger partial charge in [-0.1, -0.05) is 84.9 Å². The van der Waals surface area contributed by atoms with E-state index in [1.54, 1.807) is 0 Å². The molecule has 2 atom stereocenters. The Morgan fingerprint density at radius 2 is 1.00 bits per heavy atom. The van der Waals surface area contributed by atoms with E-state index in [4.69, 9.17) is 23.9 Å².